The van der Waals surface area contributed by atoms with Gasteiger partial charge in [0.15, 0.2) is 5.79 Å². The van der Waals surface area contributed by atoms with Crippen LogP contribution in [0.15, 0.2) is 0 Å². The molecule has 0 saturated heterocycles. The number of ether oxygens (including phenoxy) is 1. The molecule has 0 spiro atoms. The number of hydrogen-bond donors (Lipinski definition) is 0. The average molecular weight is 178 g/mol. The van der Waals surface area contributed by atoms with Gasteiger partial charge in [0.2, 0.25) is 0 Å². The molecule has 0 N–H and O–H groups in total. The Labute approximate surface area is 70.8 Å². The van der Waals surface area contributed by atoms with E-state index in [1.807, 2.05) is 6.92 Å². The topological polar surface area (TPSA) is 18.5 Å². The second kappa shape index (κ2) is 2.96. The Balaban J connectivity index is 2.35. The molecule has 1 saturated carbocycles. The minimum atomic E-state index is -0.867. The molecule has 1 fully saturated rings. The van der Waals surface area contributed by atoms with Gasteiger partial charge in [-0.15, -0.1) is 10.3 Å². The Hall–Kier alpha value is 0.270. The van der Waals surface area contributed by atoms with Crippen molar-refractivity contribution >= 4 is 10.3 Å². The highest BCUT2D eigenvalue weighted by Crippen LogP contribution is 2.52. The van der Waals surface area contributed by atoms with Crippen molar-refractivity contribution < 1.29 is 8.92 Å². The molecule has 0 amide bonds. The van der Waals surface area contributed by atoms with Crippen molar-refractivity contribution in [2.75, 3.05) is 25.4 Å². The van der Waals surface area contributed by atoms with E-state index in [1.165, 1.54) is 0 Å². The van der Waals surface area contributed by atoms with E-state index in [9.17, 15) is 0 Å². The first-order valence-corrected chi connectivity index (χ1v) is 6.79. The van der Waals surface area contributed by atoms with Gasteiger partial charge in [0.1, 0.15) is 0 Å². The van der Waals surface area contributed by atoms with Crippen molar-refractivity contribution in [3.05, 3.63) is 0 Å². The van der Waals surface area contributed by atoms with Crippen LogP contribution < -0.4 is 0 Å². The highest BCUT2D eigenvalue weighted by atomic mass is 32.3. The Morgan fingerprint density at radius 3 is 2.09 bits per heavy atom. The zero-order valence-corrected chi connectivity index (χ0v) is 8.66. The molecular formula is C8H18O2S. The first kappa shape index (κ1) is 9.36. The number of rotatable bonds is 4. The molecule has 2 nitrogen and oxygen atoms in total. The lowest BCUT2D eigenvalue weighted by Gasteiger charge is -2.31. The van der Waals surface area contributed by atoms with Crippen LogP contribution in [-0.4, -0.2) is 31.2 Å². The lowest BCUT2D eigenvalue weighted by atomic mass is 10.7. The number of hydrogen-bond acceptors (Lipinski definition) is 2. The van der Waals surface area contributed by atoms with Crippen molar-refractivity contribution in [2.45, 2.75) is 25.6 Å². The van der Waals surface area contributed by atoms with Crippen LogP contribution in [0, 0.1) is 0 Å². The summed E-state index contributed by atoms with van der Waals surface area (Å²) in [5, 5.41) is 0. The third-order valence-corrected chi connectivity index (χ3v) is 2.27. The first-order chi connectivity index (χ1) is 4.97. The summed E-state index contributed by atoms with van der Waals surface area (Å²) in [5.41, 5.74) is 0. The van der Waals surface area contributed by atoms with Crippen LogP contribution in [-0.2, 0) is 8.92 Å². The fourth-order valence-electron chi connectivity index (χ4n) is 1.07. The molecule has 0 atom stereocenters. The fraction of sp³-hybridized carbons (Fsp3) is 1.00. The van der Waals surface area contributed by atoms with Crippen LogP contribution in [0.2, 0.25) is 0 Å². The van der Waals surface area contributed by atoms with Gasteiger partial charge in [0.25, 0.3) is 0 Å². The molecule has 0 bridgehead atoms. The van der Waals surface area contributed by atoms with Gasteiger partial charge < -0.3 is 8.92 Å². The van der Waals surface area contributed by atoms with Gasteiger partial charge in [0.05, 0.1) is 0 Å². The molecule has 0 aromatic rings. The lowest BCUT2D eigenvalue weighted by Crippen LogP contribution is -2.20. The third kappa shape index (κ3) is 3.01. The summed E-state index contributed by atoms with van der Waals surface area (Å²) < 4.78 is 11.4. The Morgan fingerprint density at radius 1 is 1.27 bits per heavy atom. The van der Waals surface area contributed by atoms with Gasteiger partial charge in [0, 0.05) is 19.4 Å². The van der Waals surface area contributed by atoms with Gasteiger partial charge >= 0.3 is 0 Å². The smallest absolute Gasteiger partial charge is 0.179 e. The minimum absolute atomic E-state index is 0.178. The summed E-state index contributed by atoms with van der Waals surface area (Å²) in [5.74, 6) is -0.178. The van der Waals surface area contributed by atoms with E-state index in [0.29, 0.717) is 0 Å². The zero-order chi connectivity index (χ0) is 8.54. The van der Waals surface area contributed by atoms with Gasteiger partial charge in [-0.1, -0.05) is 0 Å². The monoisotopic (exact) mass is 178 g/mol. The van der Waals surface area contributed by atoms with E-state index in [-0.39, 0.29) is 5.79 Å². The molecule has 1 aliphatic rings. The van der Waals surface area contributed by atoms with Crippen molar-refractivity contribution in [2.24, 2.45) is 0 Å². The second-order valence-electron chi connectivity index (χ2n) is 3.65. The molecule has 0 aromatic carbocycles. The van der Waals surface area contributed by atoms with Crippen LogP contribution >= 0.6 is 10.3 Å². The molecular weight excluding hydrogens is 160 g/mol. The first-order valence-electron chi connectivity index (χ1n) is 4.00. The van der Waals surface area contributed by atoms with Crippen molar-refractivity contribution in [1.29, 1.82) is 0 Å². The molecule has 68 valence electrons. The van der Waals surface area contributed by atoms with Gasteiger partial charge in [-0.3, -0.25) is 0 Å². The van der Waals surface area contributed by atoms with Gasteiger partial charge in [-0.2, -0.15) is 0 Å². The molecule has 11 heavy (non-hydrogen) atoms. The maximum absolute atomic E-state index is 5.84. The average Bonchev–Trinajstić information content (AvgIpc) is 2.44. The van der Waals surface area contributed by atoms with E-state index in [4.69, 9.17) is 8.92 Å². The fourth-order valence-corrected chi connectivity index (χ4v) is 2.20. The highest BCUT2D eigenvalue weighted by Gasteiger charge is 2.47. The molecule has 0 aromatic heterocycles. The van der Waals surface area contributed by atoms with E-state index in [2.05, 4.69) is 18.8 Å². The van der Waals surface area contributed by atoms with E-state index < -0.39 is 10.3 Å². The van der Waals surface area contributed by atoms with Crippen LogP contribution in [0.25, 0.3) is 0 Å². The summed E-state index contributed by atoms with van der Waals surface area (Å²) in [6.07, 6.45) is 8.58. The molecule has 3 heteroatoms. The molecule has 0 radical (unpaired) electrons. The molecule has 0 heterocycles. The van der Waals surface area contributed by atoms with Gasteiger partial charge in [-0.25, -0.2) is 0 Å². The maximum Gasteiger partial charge on any atom is 0.179 e. The van der Waals surface area contributed by atoms with Crippen LogP contribution in [0.4, 0.5) is 0 Å². The van der Waals surface area contributed by atoms with E-state index in [0.717, 1.165) is 19.4 Å². The van der Waals surface area contributed by atoms with Crippen LogP contribution in [0.3, 0.4) is 0 Å². The minimum Gasteiger partial charge on any atom is -0.349 e. The summed E-state index contributed by atoms with van der Waals surface area (Å²) >= 11 is 0. The Bertz CT molecular complexity index is 136. The largest absolute Gasteiger partial charge is 0.349 e. The summed E-state index contributed by atoms with van der Waals surface area (Å²) in [7, 11) is -0.867. The summed E-state index contributed by atoms with van der Waals surface area (Å²) in [6.45, 7) is 2.77. The Kier molecular flexibility index (Phi) is 2.52. The molecule has 0 aliphatic heterocycles. The Morgan fingerprint density at radius 2 is 1.82 bits per heavy atom. The normalized spacial score (nSPS) is 23.3. The maximum atomic E-state index is 5.84. The summed E-state index contributed by atoms with van der Waals surface area (Å²) in [4.78, 5) is 0. The van der Waals surface area contributed by atoms with Crippen LogP contribution in [0.5, 0.6) is 0 Å². The highest BCUT2D eigenvalue weighted by molar-refractivity contribution is 8.28. The predicted octanol–water partition coefficient (Wildman–Crippen LogP) is 2.14. The lowest BCUT2D eigenvalue weighted by molar-refractivity contribution is -0.0921. The third-order valence-electron chi connectivity index (χ3n) is 1.47. The molecule has 1 aliphatic carbocycles. The SMILES string of the molecule is CCOC1(OS(C)(C)C)CC1. The van der Waals surface area contributed by atoms with Gasteiger partial charge in [-0.05, 0) is 25.7 Å². The predicted molar refractivity (Wildman–Crippen MR) is 50.0 cm³/mol. The van der Waals surface area contributed by atoms with Crippen molar-refractivity contribution in [3.63, 3.8) is 0 Å². The molecule has 0 unspecified atom stereocenters. The van der Waals surface area contributed by atoms with Crippen molar-refractivity contribution in [1.82, 2.24) is 0 Å². The van der Waals surface area contributed by atoms with Crippen LogP contribution in [0.1, 0.15) is 19.8 Å². The summed E-state index contributed by atoms with van der Waals surface area (Å²) in [6, 6.07) is 0. The molecule has 1 rings (SSSR count). The standard InChI is InChI=1S/C8H18O2S/c1-5-9-8(6-7-8)10-11(2,3)4/h5-7H2,1-4H3. The van der Waals surface area contributed by atoms with E-state index in [1.54, 1.807) is 0 Å². The van der Waals surface area contributed by atoms with E-state index >= 15 is 0 Å². The quantitative estimate of drug-likeness (QED) is 0.614. The zero-order valence-electron chi connectivity index (χ0n) is 7.85. The van der Waals surface area contributed by atoms with Crippen molar-refractivity contribution in [3.8, 4) is 0 Å². The second-order valence-corrected chi connectivity index (χ2v) is 7.27.